The SMILES string of the molecule is O=C(CO)C(O)C(O)C(O)CO.c1ccncc1. The predicted molar refractivity (Wildman–Crippen MR) is 61.4 cm³/mol. The average molecular weight is 259 g/mol. The number of ketones is 1. The van der Waals surface area contributed by atoms with Crippen molar-refractivity contribution in [1.82, 2.24) is 4.98 Å². The van der Waals surface area contributed by atoms with Gasteiger partial charge in [-0.05, 0) is 12.1 Å². The quantitative estimate of drug-likeness (QED) is 0.402. The molecule has 7 heteroatoms. The summed E-state index contributed by atoms with van der Waals surface area (Å²) in [6.45, 7) is -1.69. The molecule has 1 heterocycles. The number of carbonyl (C=O) groups excluding carboxylic acids is 1. The van der Waals surface area contributed by atoms with Gasteiger partial charge in [-0.25, -0.2) is 0 Å². The first-order valence-corrected chi connectivity index (χ1v) is 5.18. The monoisotopic (exact) mass is 259 g/mol. The van der Waals surface area contributed by atoms with E-state index < -0.39 is 37.3 Å². The maximum Gasteiger partial charge on any atom is 0.189 e. The van der Waals surface area contributed by atoms with Crippen LogP contribution in [0.1, 0.15) is 0 Å². The largest absolute Gasteiger partial charge is 0.394 e. The maximum atomic E-state index is 10.5. The van der Waals surface area contributed by atoms with E-state index in [0.29, 0.717) is 0 Å². The van der Waals surface area contributed by atoms with Gasteiger partial charge in [-0.3, -0.25) is 9.78 Å². The van der Waals surface area contributed by atoms with Gasteiger partial charge in [0.25, 0.3) is 0 Å². The van der Waals surface area contributed by atoms with Crippen molar-refractivity contribution in [3.8, 4) is 0 Å². The minimum atomic E-state index is -1.86. The van der Waals surface area contributed by atoms with Crippen LogP contribution in [0, 0.1) is 0 Å². The number of Topliss-reactive ketones (excluding diaryl/α,β-unsaturated/α-hetero) is 1. The first-order chi connectivity index (χ1) is 8.54. The number of aromatic nitrogens is 1. The molecule has 1 aromatic rings. The molecule has 0 aliphatic carbocycles. The first-order valence-electron chi connectivity index (χ1n) is 5.18. The second kappa shape index (κ2) is 9.63. The summed E-state index contributed by atoms with van der Waals surface area (Å²) < 4.78 is 0. The predicted octanol–water partition coefficient (Wildman–Crippen LogP) is -2.30. The van der Waals surface area contributed by atoms with Crippen LogP contribution in [-0.2, 0) is 4.79 Å². The van der Waals surface area contributed by atoms with Crippen molar-refractivity contribution in [2.24, 2.45) is 0 Å². The number of nitrogens with zero attached hydrogens (tertiary/aromatic N) is 1. The molecule has 0 spiro atoms. The van der Waals surface area contributed by atoms with Crippen LogP contribution in [-0.4, -0.2) is 67.8 Å². The Kier molecular flexibility index (Phi) is 8.89. The van der Waals surface area contributed by atoms with Gasteiger partial charge >= 0.3 is 0 Å². The van der Waals surface area contributed by atoms with E-state index in [9.17, 15) is 4.79 Å². The number of rotatable bonds is 5. The van der Waals surface area contributed by atoms with Gasteiger partial charge in [0.15, 0.2) is 5.78 Å². The summed E-state index contributed by atoms with van der Waals surface area (Å²) >= 11 is 0. The Labute approximate surface area is 104 Å². The lowest BCUT2D eigenvalue weighted by molar-refractivity contribution is -0.142. The van der Waals surface area contributed by atoms with Gasteiger partial charge in [-0.1, -0.05) is 6.07 Å². The molecular formula is C11H17NO6. The molecule has 0 saturated heterocycles. The highest BCUT2D eigenvalue weighted by atomic mass is 16.4. The van der Waals surface area contributed by atoms with Gasteiger partial charge in [0, 0.05) is 12.4 Å². The second-order valence-corrected chi connectivity index (χ2v) is 3.33. The molecule has 0 aliphatic rings. The summed E-state index contributed by atoms with van der Waals surface area (Å²) in [6, 6.07) is 5.72. The Balaban J connectivity index is 0.000000397. The Morgan fingerprint density at radius 2 is 1.61 bits per heavy atom. The van der Waals surface area contributed by atoms with E-state index in [0.717, 1.165) is 0 Å². The molecule has 1 rings (SSSR count). The third-order valence-corrected chi connectivity index (χ3v) is 1.96. The van der Waals surface area contributed by atoms with Crippen LogP contribution in [0.5, 0.6) is 0 Å². The van der Waals surface area contributed by atoms with Crippen molar-refractivity contribution in [2.75, 3.05) is 13.2 Å². The number of aliphatic hydroxyl groups is 5. The fraction of sp³-hybridized carbons (Fsp3) is 0.455. The van der Waals surface area contributed by atoms with Crippen LogP contribution in [0.2, 0.25) is 0 Å². The van der Waals surface area contributed by atoms with Crippen LogP contribution in [0.25, 0.3) is 0 Å². The van der Waals surface area contributed by atoms with E-state index >= 15 is 0 Å². The normalized spacial score (nSPS) is 14.9. The average Bonchev–Trinajstić information content (AvgIpc) is 2.46. The molecule has 0 saturated carbocycles. The molecule has 0 fully saturated rings. The van der Waals surface area contributed by atoms with Gasteiger partial charge in [0.2, 0.25) is 0 Å². The second-order valence-electron chi connectivity index (χ2n) is 3.33. The molecule has 102 valence electrons. The molecular weight excluding hydrogens is 242 g/mol. The summed E-state index contributed by atoms with van der Waals surface area (Å²) in [5, 5.41) is 43.1. The molecule has 5 N–H and O–H groups in total. The topological polar surface area (TPSA) is 131 Å². The number of hydrogen-bond donors (Lipinski definition) is 5. The lowest BCUT2D eigenvalue weighted by atomic mass is 10.1. The molecule has 0 radical (unpaired) electrons. The molecule has 0 amide bonds. The van der Waals surface area contributed by atoms with Crippen LogP contribution >= 0.6 is 0 Å². The summed E-state index contributed by atoms with van der Waals surface area (Å²) in [6.07, 6.45) is -1.72. The molecule has 0 bridgehead atoms. The fourth-order valence-corrected chi connectivity index (χ4v) is 0.915. The smallest absolute Gasteiger partial charge is 0.189 e. The van der Waals surface area contributed by atoms with Crippen molar-refractivity contribution in [1.29, 1.82) is 0 Å². The lowest BCUT2D eigenvalue weighted by Crippen LogP contribution is -2.44. The Morgan fingerprint density at radius 1 is 1.06 bits per heavy atom. The van der Waals surface area contributed by atoms with Crippen LogP contribution < -0.4 is 0 Å². The highest BCUT2D eigenvalue weighted by Gasteiger charge is 2.28. The van der Waals surface area contributed by atoms with Gasteiger partial charge < -0.3 is 25.5 Å². The zero-order valence-electron chi connectivity index (χ0n) is 9.62. The van der Waals surface area contributed by atoms with Crippen molar-refractivity contribution in [3.63, 3.8) is 0 Å². The van der Waals surface area contributed by atoms with E-state index in [2.05, 4.69) is 4.98 Å². The minimum Gasteiger partial charge on any atom is -0.394 e. The third-order valence-electron chi connectivity index (χ3n) is 1.96. The van der Waals surface area contributed by atoms with Gasteiger partial charge in [-0.2, -0.15) is 0 Å². The van der Waals surface area contributed by atoms with Crippen LogP contribution in [0.15, 0.2) is 30.6 Å². The highest BCUT2D eigenvalue weighted by Crippen LogP contribution is 2.00. The summed E-state index contributed by atoms with van der Waals surface area (Å²) in [5.41, 5.74) is 0. The van der Waals surface area contributed by atoms with Crippen molar-refractivity contribution >= 4 is 5.78 Å². The highest BCUT2D eigenvalue weighted by molar-refractivity contribution is 5.84. The van der Waals surface area contributed by atoms with E-state index in [1.165, 1.54) is 0 Å². The van der Waals surface area contributed by atoms with E-state index in [-0.39, 0.29) is 0 Å². The third kappa shape index (κ3) is 6.38. The van der Waals surface area contributed by atoms with E-state index in [4.69, 9.17) is 25.5 Å². The van der Waals surface area contributed by atoms with Crippen molar-refractivity contribution in [2.45, 2.75) is 18.3 Å². The Hall–Kier alpha value is -1.38. The Morgan fingerprint density at radius 3 is 1.89 bits per heavy atom. The minimum absolute atomic E-state index is 0.767. The molecule has 3 atom stereocenters. The molecule has 3 unspecified atom stereocenters. The van der Waals surface area contributed by atoms with Crippen LogP contribution in [0.4, 0.5) is 0 Å². The molecule has 1 aromatic heterocycles. The van der Waals surface area contributed by atoms with E-state index in [1.54, 1.807) is 12.4 Å². The number of carbonyl (C=O) groups is 1. The summed E-state index contributed by atoms with van der Waals surface area (Å²) in [5.74, 6) is -1.00. The first kappa shape index (κ1) is 16.6. The van der Waals surface area contributed by atoms with Crippen LogP contribution in [0.3, 0.4) is 0 Å². The molecule has 7 nitrogen and oxygen atoms in total. The summed E-state index contributed by atoms with van der Waals surface area (Å²) in [7, 11) is 0. The van der Waals surface area contributed by atoms with Gasteiger partial charge in [-0.15, -0.1) is 0 Å². The standard InChI is InChI=1S/C6H12O6.C5H5N/c7-1-3(9)5(11)6(12)4(10)2-8;1-2-4-6-5-3-1/h3,5-9,11-12H,1-2H2;1-5H. The summed E-state index contributed by atoms with van der Waals surface area (Å²) in [4.78, 5) is 14.3. The maximum absolute atomic E-state index is 10.5. The number of aliphatic hydroxyl groups excluding tert-OH is 5. The molecule has 0 aliphatic heterocycles. The van der Waals surface area contributed by atoms with Crippen molar-refractivity contribution < 1.29 is 30.3 Å². The van der Waals surface area contributed by atoms with Gasteiger partial charge in [0.1, 0.15) is 24.9 Å². The zero-order chi connectivity index (χ0) is 14.0. The zero-order valence-corrected chi connectivity index (χ0v) is 9.62. The Bertz CT molecular complexity index is 294. The fourth-order valence-electron chi connectivity index (χ4n) is 0.915. The molecule has 18 heavy (non-hydrogen) atoms. The van der Waals surface area contributed by atoms with Gasteiger partial charge in [0.05, 0.1) is 6.61 Å². The molecule has 0 aromatic carbocycles. The number of pyridine rings is 1. The lowest BCUT2D eigenvalue weighted by Gasteiger charge is -2.19. The van der Waals surface area contributed by atoms with Crippen molar-refractivity contribution in [3.05, 3.63) is 30.6 Å². The number of hydrogen-bond acceptors (Lipinski definition) is 7. The van der Waals surface area contributed by atoms with E-state index in [1.807, 2.05) is 18.2 Å².